The van der Waals surface area contributed by atoms with Crippen LogP contribution in [-0.4, -0.2) is 36.2 Å². The molecule has 1 saturated heterocycles. The minimum atomic E-state index is -2.86. The van der Waals surface area contributed by atoms with Gasteiger partial charge in [-0.3, -0.25) is 0 Å². The highest BCUT2D eigenvalue weighted by molar-refractivity contribution is 7.91. The SMILES string of the molecule is Cc1nn(-c2ccc(F)cc2)c(Cl)c1CNCC1CCS(=O)(=O)C1. The molecule has 1 aromatic heterocycles. The first-order valence-corrected chi connectivity index (χ1v) is 9.97. The predicted molar refractivity (Wildman–Crippen MR) is 91.7 cm³/mol. The second-order valence-corrected chi connectivity index (χ2v) is 8.73. The van der Waals surface area contributed by atoms with Crippen LogP contribution >= 0.6 is 11.6 Å². The number of halogens is 2. The first kappa shape index (κ1) is 17.4. The second kappa shape index (κ2) is 6.82. The van der Waals surface area contributed by atoms with E-state index >= 15 is 0 Å². The Morgan fingerprint density at radius 1 is 1.38 bits per heavy atom. The topological polar surface area (TPSA) is 64.0 Å². The first-order valence-electron chi connectivity index (χ1n) is 7.77. The summed E-state index contributed by atoms with van der Waals surface area (Å²) in [5.41, 5.74) is 2.34. The number of aromatic nitrogens is 2. The van der Waals surface area contributed by atoms with Gasteiger partial charge in [0.05, 0.1) is 22.9 Å². The van der Waals surface area contributed by atoms with Gasteiger partial charge in [0.2, 0.25) is 0 Å². The Morgan fingerprint density at radius 3 is 2.71 bits per heavy atom. The second-order valence-electron chi connectivity index (χ2n) is 6.14. The van der Waals surface area contributed by atoms with Gasteiger partial charge >= 0.3 is 0 Å². The average Bonchev–Trinajstić information content (AvgIpc) is 3.01. The van der Waals surface area contributed by atoms with Gasteiger partial charge in [0.15, 0.2) is 9.84 Å². The quantitative estimate of drug-likeness (QED) is 0.877. The van der Waals surface area contributed by atoms with Crippen molar-refractivity contribution in [2.75, 3.05) is 18.1 Å². The molecule has 0 radical (unpaired) electrons. The van der Waals surface area contributed by atoms with E-state index in [9.17, 15) is 12.8 Å². The van der Waals surface area contributed by atoms with Crippen molar-refractivity contribution < 1.29 is 12.8 Å². The lowest BCUT2D eigenvalue weighted by molar-refractivity contribution is 0.520. The van der Waals surface area contributed by atoms with Gasteiger partial charge in [-0.1, -0.05) is 11.6 Å². The van der Waals surface area contributed by atoms with Crippen LogP contribution in [0.2, 0.25) is 5.15 Å². The molecule has 24 heavy (non-hydrogen) atoms. The zero-order valence-corrected chi connectivity index (χ0v) is 14.9. The number of nitrogens with one attached hydrogen (secondary N) is 1. The number of hydrogen-bond donors (Lipinski definition) is 1. The Bertz CT molecular complexity index is 834. The molecule has 0 bridgehead atoms. The fourth-order valence-corrected chi connectivity index (χ4v) is 5.12. The Kier molecular flexibility index (Phi) is 4.94. The average molecular weight is 372 g/mol. The summed E-state index contributed by atoms with van der Waals surface area (Å²) in [4.78, 5) is 0. The molecular formula is C16H19ClFN3O2S. The van der Waals surface area contributed by atoms with E-state index in [1.807, 2.05) is 6.92 Å². The molecule has 5 nitrogen and oxygen atoms in total. The molecular weight excluding hydrogens is 353 g/mol. The Morgan fingerprint density at radius 2 is 2.08 bits per heavy atom. The molecule has 2 aromatic rings. The molecule has 1 unspecified atom stereocenters. The number of rotatable bonds is 5. The van der Waals surface area contributed by atoms with E-state index in [2.05, 4.69) is 10.4 Å². The standard InChI is InChI=1S/C16H19ClFN3O2S/c1-11-15(9-19-8-12-6-7-24(22,23)10-12)16(17)21(20-11)14-4-2-13(18)3-5-14/h2-5,12,19H,6-10H2,1H3. The minimum absolute atomic E-state index is 0.154. The van der Waals surface area contributed by atoms with Gasteiger partial charge in [-0.2, -0.15) is 5.10 Å². The molecule has 0 saturated carbocycles. The number of sulfone groups is 1. The van der Waals surface area contributed by atoms with Crippen molar-refractivity contribution in [3.05, 3.63) is 46.5 Å². The fourth-order valence-electron chi connectivity index (χ4n) is 2.92. The van der Waals surface area contributed by atoms with Gasteiger partial charge < -0.3 is 5.32 Å². The summed E-state index contributed by atoms with van der Waals surface area (Å²) in [5, 5.41) is 8.16. The first-order chi connectivity index (χ1) is 11.4. The van der Waals surface area contributed by atoms with Crippen molar-refractivity contribution in [3.63, 3.8) is 0 Å². The summed E-state index contributed by atoms with van der Waals surface area (Å²) < 4.78 is 37.6. The molecule has 130 valence electrons. The summed E-state index contributed by atoms with van der Waals surface area (Å²) in [5.74, 6) is 0.372. The smallest absolute Gasteiger partial charge is 0.150 e. The zero-order valence-electron chi connectivity index (χ0n) is 13.3. The normalized spacial score (nSPS) is 19.7. The number of benzene rings is 1. The third-order valence-electron chi connectivity index (χ3n) is 4.25. The summed E-state index contributed by atoms with van der Waals surface area (Å²) in [7, 11) is -2.86. The maximum absolute atomic E-state index is 13.0. The lowest BCUT2D eigenvalue weighted by Gasteiger charge is -2.09. The highest BCUT2D eigenvalue weighted by atomic mass is 35.5. The van der Waals surface area contributed by atoms with Crippen molar-refractivity contribution >= 4 is 21.4 Å². The molecule has 0 aliphatic carbocycles. The molecule has 1 atom stereocenters. The number of aryl methyl sites for hydroxylation is 1. The van der Waals surface area contributed by atoms with Crippen LogP contribution in [0.15, 0.2) is 24.3 Å². The van der Waals surface area contributed by atoms with Crippen LogP contribution in [0.25, 0.3) is 5.69 Å². The highest BCUT2D eigenvalue weighted by Crippen LogP contribution is 2.24. The van der Waals surface area contributed by atoms with Gasteiger partial charge in [-0.15, -0.1) is 0 Å². The largest absolute Gasteiger partial charge is 0.312 e. The molecule has 1 aromatic carbocycles. The van der Waals surface area contributed by atoms with Crippen LogP contribution in [0.4, 0.5) is 4.39 Å². The van der Waals surface area contributed by atoms with Gasteiger partial charge in [0.25, 0.3) is 0 Å². The van der Waals surface area contributed by atoms with Crippen molar-refractivity contribution in [1.29, 1.82) is 0 Å². The predicted octanol–water partition coefficient (Wildman–Crippen LogP) is 2.50. The molecule has 1 aliphatic rings. The highest BCUT2D eigenvalue weighted by Gasteiger charge is 2.27. The third kappa shape index (κ3) is 3.79. The van der Waals surface area contributed by atoms with Crippen LogP contribution in [0.1, 0.15) is 17.7 Å². The van der Waals surface area contributed by atoms with E-state index in [-0.39, 0.29) is 23.2 Å². The summed E-state index contributed by atoms with van der Waals surface area (Å²) >= 11 is 6.42. The molecule has 1 aliphatic heterocycles. The molecule has 8 heteroatoms. The maximum Gasteiger partial charge on any atom is 0.150 e. The fraction of sp³-hybridized carbons (Fsp3) is 0.438. The van der Waals surface area contributed by atoms with E-state index in [4.69, 9.17) is 11.6 Å². The van der Waals surface area contributed by atoms with Crippen molar-refractivity contribution in [1.82, 2.24) is 15.1 Å². The van der Waals surface area contributed by atoms with Crippen LogP contribution < -0.4 is 5.32 Å². The number of hydrogen-bond acceptors (Lipinski definition) is 4. The van der Waals surface area contributed by atoms with Crippen LogP contribution in [0.5, 0.6) is 0 Å². The monoisotopic (exact) mass is 371 g/mol. The Hall–Kier alpha value is -1.44. The summed E-state index contributed by atoms with van der Waals surface area (Å²) in [6.45, 7) is 3.02. The van der Waals surface area contributed by atoms with Crippen molar-refractivity contribution in [2.24, 2.45) is 5.92 Å². The van der Waals surface area contributed by atoms with Gasteiger partial charge in [-0.05, 0) is 50.1 Å². The van der Waals surface area contributed by atoms with E-state index in [0.717, 1.165) is 11.3 Å². The molecule has 2 heterocycles. The Balaban J connectivity index is 1.67. The summed E-state index contributed by atoms with van der Waals surface area (Å²) in [6, 6.07) is 5.96. The molecule has 3 rings (SSSR count). The lowest BCUT2D eigenvalue weighted by Crippen LogP contribution is -2.23. The molecule has 0 spiro atoms. The summed E-state index contributed by atoms with van der Waals surface area (Å²) in [6.07, 6.45) is 0.705. The molecule has 1 fully saturated rings. The van der Waals surface area contributed by atoms with Crippen molar-refractivity contribution in [3.8, 4) is 5.69 Å². The number of nitrogens with zero attached hydrogens (tertiary/aromatic N) is 2. The minimum Gasteiger partial charge on any atom is -0.312 e. The van der Waals surface area contributed by atoms with Crippen molar-refractivity contribution in [2.45, 2.75) is 19.9 Å². The molecule has 0 amide bonds. The van der Waals surface area contributed by atoms with Gasteiger partial charge in [0.1, 0.15) is 11.0 Å². The van der Waals surface area contributed by atoms with E-state index in [1.165, 1.54) is 12.1 Å². The maximum atomic E-state index is 13.0. The van der Waals surface area contributed by atoms with Crippen LogP contribution in [0, 0.1) is 18.7 Å². The van der Waals surface area contributed by atoms with E-state index in [1.54, 1.807) is 16.8 Å². The molecule has 1 N–H and O–H groups in total. The van der Waals surface area contributed by atoms with Gasteiger partial charge in [0, 0.05) is 12.1 Å². The van der Waals surface area contributed by atoms with E-state index < -0.39 is 9.84 Å². The Labute approximate surface area is 145 Å². The zero-order chi connectivity index (χ0) is 17.3. The van der Waals surface area contributed by atoms with Gasteiger partial charge in [-0.25, -0.2) is 17.5 Å². The van der Waals surface area contributed by atoms with E-state index in [0.29, 0.717) is 30.4 Å². The lowest BCUT2D eigenvalue weighted by atomic mass is 10.1. The third-order valence-corrected chi connectivity index (χ3v) is 6.48. The van der Waals surface area contributed by atoms with Crippen LogP contribution in [0.3, 0.4) is 0 Å². The van der Waals surface area contributed by atoms with Crippen LogP contribution in [-0.2, 0) is 16.4 Å².